The Kier molecular flexibility index (Phi) is 4.91. The largest absolute Gasteiger partial charge is 0.381 e. The number of hydrogen-bond donors (Lipinski definition) is 2. The van der Waals surface area contributed by atoms with E-state index in [1.807, 2.05) is 0 Å². The summed E-state index contributed by atoms with van der Waals surface area (Å²) in [5, 5.41) is 3.02. The first-order chi connectivity index (χ1) is 7.95. The van der Waals surface area contributed by atoms with Gasteiger partial charge in [-0.15, -0.1) is 0 Å². The van der Waals surface area contributed by atoms with Gasteiger partial charge in [-0.3, -0.25) is 4.79 Å². The molecule has 0 heterocycles. The molecule has 1 aliphatic rings. The van der Waals surface area contributed by atoms with Crippen molar-refractivity contribution in [2.75, 3.05) is 20.8 Å². The van der Waals surface area contributed by atoms with Gasteiger partial charge >= 0.3 is 0 Å². The van der Waals surface area contributed by atoms with E-state index in [1.165, 1.54) is 0 Å². The lowest BCUT2D eigenvalue weighted by Crippen LogP contribution is -2.62. The summed E-state index contributed by atoms with van der Waals surface area (Å²) in [5.74, 6) is -0.00470. The zero-order valence-electron chi connectivity index (χ0n) is 11.2. The van der Waals surface area contributed by atoms with Crippen LogP contribution in [0.15, 0.2) is 0 Å². The fourth-order valence-electron chi connectivity index (χ4n) is 2.25. The number of nitrogens with two attached hydrogens (primary N) is 1. The average Bonchev–Trinajstić information content (AvgIpc) is 2.30. The van der Waals surface area contributed by atoms with Gasteiger partial charge in [0.25, 0.3) is 0 Å². The average molecular weight is 244 g/mol. The Labute approximate surface area is 103 Å². The molecule has 5 nitrogen and oxygen atoms in total. The second-order valence-electron chi connectivity index (χ2n) is 5.20. The molecule has 0 radical (unpaired) electrons. The van der Waals surface area contributed by atoms with E-state index in [4.69, 9.17) is 15.2 Å². The van der Waals surface area contributed by atoms with Crippen LogP contribution in [-0.4, -0.2) is 44.9 Å². The van der Waals surface area contributed by atoms with Gasteiger partial charge in [-0.25, -0.2) is 0 Å². The highest BCUT2D eigenvalue weighted by molar-refractivity contribution is 5.77. The van der Waals surface area contributed by atoms with E-state index in [2.05, 4.69) is 19.2 Å². The van der Waals surface area contributed by atoms with Crippen molar-refractivity contribution >= 4 is 5.91 Å². The van der Waals surface area contributed by atoms with Crippen LogP contribution in [0.4, 0.5) is 0 Å². The summed E-state index contributed by atoms with van der Waals surface area (Å²) in [5.41, 5.74) is 5.48. The number of nitrogens with one attached hydrogen (secondary N) is 1. The van der Waals surface area contributed by atoms with Gasteiger partial charge in [0.2, 0.25) is 5.91 Å². The number of rotatable bonds is 6. The Morgan fingerprint density at radius 2 is 2.18 bits per heavy atom. The lowest BCUT2D eigenvalue weighted by molar-refractivity contribution is -0.134. The van der Waals surface area contributed by atoms with Crippen LogP contribution in [-0.2, 0) is 14.3 Å². The maximum absolute atomic E-state index is 11.8. The lowest BCUT2D eigenvalue weighted by Gasteiger charge is -2.51. The fraction of sp³-hybridized carbons (Fsp3) is 0.917. The molecular formula is C12H24N2O3. The molecule has 0 aromatic rings. The molecule has 0 saturated heterocycles. The van der Waals surface area contributed by atoms with E-state index in [1.54, 1.807) is 14.2 Å². The van der Waals surface area contributed by atoms with Crippen molar-refractivity contribution in [2.24, 2.45) is 11.1 Å². The van der Waals surface area contributed by atoms with Gasteiger partial charge in [0, 0.05) is 32.2 Å². The zero-order valence-corrected chi connectivity index (χ0v) is 11.2. The first kappa shape index (κ1) is 14.4. The van der Waals surface area contributed by atoms with Crippen molar-refractivity contribution in [1.82, 2.24) is 5.32 Å². The third-order valence-corrected chi connectivity index (χ3v) is 3.81. The lowest BCUT2D eigenvalue weighted by atomic mass is 9.64. The predicted octanol–water partition coefficient (Wildman–Crippen LogP) is 0.280. The highest BCUT2D eigenvalue weighted by Crippen LogP contribution is 2.42. The maximum Gasteiger partial charge on any atom is 0.222 e. The van der Waals surface area contributed by atoms with Crippen molar-refractivity contribution in [3.05, 3.63) is 0 Å². The van der Waals surface area contributed by atoms with Gasteiger partial charge in [0.1, 0.15) is 0 Å². The van der Waals surface area contributed by atoms with E-state index in [9.17, 15) is 4.79 Å². The van der Waals surface area contributed by atoms with Crippen LogP contribution in [0.25, 0.3) is 0 Å². The summed E-state index contributed by atoms with van der Waals surface area (Å²) in [6, 6.07) is 0.176. The van der Waals surface area contributed by atoms with Crippen molar-refractivity contribution in [3.63, 3.8) is 0 Å². The molecule has 100 valence electrons. The van der Waals surface area contributed by atoms with Gasteiger partial charge < -0.3 is 20.5 Å². The van der Waals surface area contributed by atoms with Gasteiger partial charge in [-0.05, 0) is 6.42 Å². The van der Waals surface area contributed by atoms with Gasteiger partial charge in [0.15, 0.2) is 0 Å². The predicted molar refractivity (Wildman–Crippen MR) is 65.6 cm³/mol. The molecule has 0 aliphatic heterocycles. The van der Waals surface area contributed by atoms with Gasteiger partial charge in [0.05, 0.1) is 18.6 Å². The molecule has 1 aliphatic carbocycles. The molecule has 3 N–H and O–H groups in total. The number of carbonyl (C=O) groups is 1. The van der Waals surface area contributed by atoms with Crippen LogP contribution in [0.2, 0.25) is 0 Å². The van der Waals surface area contributed by atoms with Gasteiger partial charge in [-0.2, -0.15) is 0 Å². The molecule has 0 aromatic carbocycles. The SMILES string of the molecule is COC(CN)CC(=O)NC1CC(OC)C1(C)C. The van der Waals surface area contributed by atoms with E-state index < -0.39 is 0 Å². The van der Waals surface area contributed by atoms with E-state index >= 15 is 0 Å². The summed E-state index contributed by atoms with van der Waals surface area (Å²) < 4.78 is 10.4. The Balaban J connectivity index is 2.38. The molecule has 0 aromatic heterocycles. The smallest absolute Gasteiger partial charge is 0.222 e. The Hall–Kier alpha value is -0.650. The number of carbonyl (C=O) groups excluding carboxylic acids is 1. The molecule has 5 heteroatoms. The minimum atomic E-state index is -0.198. The molecule has 3 atom stereocenters. The Morgan fingerprint density at radius 3 is 2.59 bits per heavy atom. The first-order valence-corrected chi connectivity index (χ1v) is 6.00. The standard InChI is InChI=1S/C12H24N2O3/c1-12(2)9(6-10(12)17-4)14-11(15)5-8(7-13)16-3/h8-10H,5-7,13H2,1-4H3,(H,14,15). The van der Waals surface area contributed by atoms with Crippen LogP contribution in [0.3, 0.4) is 0 Å². The molecule has 3 unspecified atom stereocenters. The fourth-order valence-corrected chi connectivity index (χ4v) is 2.25. The highest BCUT2D eigenvalue weighted by atomic mass is 16.5. The molecule has 1 amide bonds. The second kappa shape index (κ2) is 5.80. The molecule has 1 rings (SSSR count). The number of ether oxygens (including phenoxy) is 2. The van der Waals surface area contributed by atoms with Crippen LogP contribution < -0.4 is 11.1 Å². The molecule has 1 fully saturated rings. The van der Waals surface area contributed by atoms with Crippen molar-refractivity contribution in [1.29, 1.82) is 0 Å². The van der Waals surface area contributed by atoms with E-state index in [0.29, 0.717) is 13.0 Å². The zero-order chi connectivity index (χ0) is 13.1. The highest BCUT2D eigenvalue weighted by Gasteiger charge is 2.49. The number of hydrogen-bond acceptors (Lipinski definition) is 4. The summed E-state index contributed by atoms with van der Waals surface area (Å²) >= 11 is 0. The second-order valence-corrected chi connectivity index (χ2v) is 5.20. The number of methoxy groups -OCH3 is 2. The van der Waals surface area contributed by atoms with E-state index in [0.717, 1.165) is 6.42 Å². The molecular weight excluding hydrogens is 220 g/mol. The van der Waals surface area contributed by atoms with Crippen LogP contribution in [0, 0.1) is 5.41 Å². The van der Waals surface area contributed by atoms with E-state index in [-0.39, 0.29) is 29.6 Å². The van der Waals surface area contributed by atoms with Crippen molar-refractivity contribution < 1.29 is 14.3 Å². The normalized spacial score (nSPS) is 28.3. The minimum Gasteiger partial charge on any atom is -0.381 e. The topological polar surface area (TPSA) is 73.6 Å². The minimum absolute atomic E-state index is 0.00427. The Morgan fingerprint density at radius 1 is 1.53 bits per heavy atom. The third kappa shape index (κ3) is 3.18. The van der Waals surface area contributed by atoms with Gasteiger partial charge in [-0.1, -0.05) is 13.8 Å². The van der Waals surface area contributed by atoms with Crippen molar-refractivity contribution in [2.45, 2.75) is 44.9 Å². The molecule has 0 bridgehead atoms. The Bertz CT molecular complexity index is 264. The summed E-state index contributed by atoms with van der Waals surface area (Å²) in [6.45, 7) is 4.57. The quantitative estimate of drug-likeness (QED) is 0.704. The molecule has 17 heavy (non-hydrogen) atoms. The summed E-state index contributed by atoms with van der Waals surface area (Å²) in [6.07, 6.45) is 1.21. The molecule has 1 saturated carbocycles. The van der Waals surface area contributed by atoms with Crippen LogP contribution >= 0.6 is 0 Å². The maximum atomic E-state index is 11.8. The van der Waals surface area contributed by atoms with Crippen LogP contribution in [0.5, 0.6) is 0 Å². The molecule has 0 spiro atoms. The van der Waals surface area contributed by atoms with Crippen molar-refractivity contribution in [3.8, 4) is 0 Å². The monoisotopic (exact) mass is 244 g/mol. The first-order valence-electron chi connectivity index (χ1n) is 6.00. The third-order valence-electron chi connectivity index (χ3n) is 3.81. The van der Waals surface area contributed by atoms with Crippen LogP contribution in [0.1, 0.15) is 26.7 Å². The summed E-state index contributed by atoms with van der Waals surface area (Å²) in [4.78, 5) is 11.8. The summed E-state index contributed by atoms with van der Waals surface area (Å²) in [7, 11) is 3.28. The number of amides is 1.